The molecule has 1 unspecified atom stereocenters. The number of anilines is 1. The molecule has 0 radical (unpaired) electrons. The first-order chi connectivity index (χ1) is 14.4. The van der Waals surface area contributed by atoms with Gasteiger partial charge in [-0.25, -0.2) is 8.78 Å². The van der Waals surface area contributed by atoms with Gasteiger partial charge in [-0.05, 0) is 50.7 Å². The minimum absolute atomic E-state index is 0.0228. The lowest BCUT2D eigenvalue weighted by Gasteiger charge is -2.52. The second-order valence-electron chi connectivity index (χ2n) is 8.87. The normalized spacial score (nSPS) is 32.6. The highest BCUT2D eigenvalue weighted by Crippen LogP contribution is 2.52. The lowest BCUT2D eigenvalue weighted by Crippen LogP contribution is -2.59. The van der Waals surface area contributed by atoms with Gasteiger partial charge in [0.25, 0.3) is 0 Å². The molecule has 1 saturated heterocycles. The highest BCUT2D eigenvalue weighted by molar-refractivity contribution is 5.95. The molecule has 1 aliphatic heterocycles. The summed E-state index contributed by atoms with van der Waals surface area (Å²) in [6.45, 7) is 0.0460. The zero-order valence-electron chi connectivity index (χ0n) is 16.8. The third-order valence-corrected chi connectivity index (χ3v) is 7.18. The molecule has 160 valence electrons. The summed E-state index contributed by atoms with van der Waals surface area (Å²) in [6, 6.07) is 7.46. The molecule has 4 fully saturated rings. The number of rotatable bonds is 5. The molecule has 30 heavy (non-hydrogen) atoms. The number of nitriles is 1. The fourth-order valence-electron chi connectivity index (χ4n) is 5.16. The lowest BCUT2D eigenvalue weighted by atomic mass is 9.57. The van der Waals surface area contributed by atoms with E-state index in [1.807, 2.05) is 6.07 Å². The van der Waals surface area contributed by atoms with Crippen LogP contribution in [0.5, 0.6) is 0 Å². The number of likely N-dealkylation sites (tertiary alicyclic amines) is 1. The maximum Gasteiger partial charge on any atom is 0.237 e. The first-order valence-electron chi connectivity index (χ1n) is 10.5. The highest BCUT2D eigenvalue weighted by Gasteiger charge is 2.52. The van der Waals surface area contributed by atoms with Crippen molar-refractivity contribution >= 4 is 17.5 Å². The molecular weight excluding hydrogens is 390 g/mol. The van der Waals surface area contributed by atoms with Crippen LogP contribution in [0, 0.1) is 22.6 Å². The molecule has 1 heterocycles. The minimum Gasteiger partial charge on any atom is -0.323 e. The molecule has 1 aromatic carbocycles. The SMILES string of the molecule is N#CC1C[C@H](F)CN1C(=O)CNC12CCC(C(=O)Nc3ccccc3F)(CC1)CC2. The first kappa shape index (κ1) is 20.7. The zero-order valence-corrected chi connectivity index (χ0v) is 16.8. The zero-order chi connectivity index (χ0) is 21.4. The number of alkyl halides is 1. The second kappa shape index (κ2) is 7.95. The van der Waals surface area contributed by atoms with Crippen LogP contribution in [0.25, 0.3) is 0 Å². The van der Waals surface area contributed by atoms with E-state index in [2.05, 4.69) is 10.6 Å². The van der Waals surface area contributed by atoms with Crippen molar-refractivity contribution in [2.45, 2.75) is 62.7 Å². The lowest BCUT2D eigenvalue weighted by molar-refractivity contribution is -0.135. The van der Waals surface area contributed by atoms with Crippen molar-refractivity contribution in [3.05, 3.63) is 30.1 Å². The van der Waals surface area contributed by atoms with Gasteiger partial charge in [-0.15, -0.1) is 0 Å². The van der Waals surface area contributed by atoms with Gasteiger partial charge in [0.1, 0.15) is 18.0 Å². The summed E-state index contributed by atoms with van der Waals surface area (Å²) in [7, 11) is 0. The number of carbonyl (C=O) groups is 2. The fraction of sp³-hybridized carbons (Fsp3) is 0.591. The first-order valence-corrected chi connectivity index (χ1v) is 10.5. The van der Waals surface area contributed by atoms with Crippen molar-refractivity contribution in [2.75, 3.05) is 18.4 Å². The van der Waals surface area contributed by atoms with E-state index in [1.54, 1.807) is 18.2 Å². The van der Waals surface area contributed by atoms with E-state index in [0.29, 0.717) is 19.3 Å². The van der Waals surface area contributed by atoms with Gasteiger partial charge >= 0.3 is 0 Å². The van der Waals surface area contributed by atoms with Gasteiger partial charge in [0.2, 0.25) is 11.8 Å². The van der Waals surface area contributed by atoms with Crippen molar-refractivity contribution in [3.8, 4) is 6.07 Å². The summed E-state index contributed by atoms with van der Waals surface area (Å²) in [4.78, 5) is 26.8. The number of carbonyl (C=O) groups excluding carboxylic acids is 2. The summed E-state index contributed by atoms with van der Waals surface area (Å²) in [5.41, 5.74) is -0.517. The van der Waals surface area contributed by atoms with Gasteiger partial charge in [-0.2, -0.15) is 5.26 Å². The summed E-state index contributed by atoms with van der Waals surface area (Å²) in [5.74, 6) is -0.841. The van der Waals surface area contributed by atoms with Crippen LogP contribution in [-0.2, 0) is 9.59 Å². The third-order valence-electron chi connectivity index (χ3n) is 7.18. The summed E-state index contributed by atoms with van der Waals surface area (Å²) in [6.07, 6.45) is 3.19. The van der Waals surface area contributed by atoms with E-state index >= 15 is 0 Å². The molecule has 0 aromatic heterocycles. The Balaban J connectivity index is 1.33. The van der Waals surface area contributed by atoms with Crippen molar-refractivity contribution in [2.24, 2.45) is 5.41 Å². The van der Waals surface area contributed by atoms with Gasteiger partial charge in [-0.1, -0.05) is 12.1 Å². The molecule has 6 nitrogen and oxygen atoms in total. The average molecular weight is 416 g/mol. The number of nitrogens with one attached hydrogen (secondary N) is 2. The number of amides is 2. The molecule has 2 bridgehead atoms. The van der Waals surface area contributed by atoms with E-state index in [-0.39, 0.29) is 42.6 Å². The summed E-state index contributed by atoms with van der Waals surface area (Å²) in [5, 5.41) is 15.2. The van der Waals surface area contributed by atoms with E-state index in [1.165, 1.54) is 11.0 Å². The Morgan fingerprint density at radius 1 is 1.17 bits per heavy atom. The third kappa shape index (κ3) is 3.79. The molecule has 0 spiro atoms. The predicted octanol–water partition coefficient (Wildman–Crippen LogP) is 2.91. The van der Waals surface area contributed by atoms with E-state index < -0.39 is 23.4 Å². The molecule has 1 aromatic rings. The van der Waals surface area contributed by atoms with E-state index in [4.69, 9.17) is 5.26 Å². The van der Waals surface area contributed by atoms with Crippen molar-refractivity contribution in [1.82, 2.24) is 10.2 Å². The van der Waals surface area contributed by atoms with Crippen LogP contribution in [0.4, 0.5) is 14.5 Å². The van der Waals surface area contributed by atoms with Crippen LogP contribution in [0.3, 0.4) is 0 Å². The Labute approximate surface area is 174 Å². The average Bonchev–Trinajstić information content (AvgIpc) is 3.16. The standard InChI is InChI=1S/C22H26F2N4O2/c23-15-11-16(12-25)28(14-15)19(29)13-26-22-8-5-21(6-9-22,7-10-22)20(30)27-18-4-2-1-3-17(18)24/h1-4,15-16,26H,5-11,13-14H2,(H,27,30)/t15-,16?,21?,22?/m0/s1. The van der Waals surface area contributed by atoms with Crippen LogP contribution >= 0.6 is 0 Å². The van der Waals surface area contributed by atoms with Gasteiger partial charge in [-0.3, -0.25) is 9.59 Å². The maximum atomic E-state index is 13.9. The maximum absolute atomic E-state index is 13.9. The van der Waals surface area contributed by atoms with E-state index in [0.717, 1.165) is 19.3 Å². The van der Waals surface area contributed by atoms with Crippen LogP contribution in [0.2, 0.25) is 0 Å². The number of para-hydroxylation sites is 1. The summed E-state index contributed by atoms with van der Waals surface area (Å²) < 4.78 is 27.5. The van der Waals surface area contributed by atoms with Crippen LogP contribution < -0.4 is 10.6 Å². The molecule has 2 atom stereocenters. The monoisotopic (exact) mass is 416 g/mol. The largest absolute Gasteiger partial charge is 0.323 e. The Hall–Kier alpha value is -2.53. The number of benzene rings is 1. The molecular formula is C22H26F2N4O2. The molecule has 3 saturated carbocycles. The van der Waals surface area contributed by atoms with Crippen molar-refractivity contribution < 1.29 is 18.4 Å². The predicted molar refractivity (Wildman–Crippen MR) is 107 cm³/mol. The Kier molecular flexibility index (Phi) is 5.49. The second-order valence-corrected chi connectivity index (χ2v) is 8.87. The van der Waals surface area contributed by atoms with Crippen molar-refractivity contribution in [1.29, 1.82) is 5.26 Å². The Morgan fingerprint density at radius 3 is 2.47 bits per heavy atom. The van der Waals surface area contributed by atoms with Crippen LogP contribution in [-0.4, -0.2) is 47.6 Å². The number of fused-ring (bicyclic) bond motifs is 3. The number of hydrogen-bond acceptors (Lipinski definition) is 4. The fourth-order valence-corrected chi connectivity index (χ4v) is 5.16. The molecule has 8 heteroatoms. The number of halogens is 2. The van der Waals surface area contributed by atoms with Crippen LogP contribution in [0.1, 0.15) is 44.9 Å². The number of hydrogen-bond donors (Lipinski definition) is 2. The highest BCUT2D eigenvalue weighted by atomic mass is 19.1. The molecule has 4 aliphatic rings. The van der Waals surface area contributed by atoms with Gasteiger partial charge in [0.15, 0.2) is 0 Å². The van der Waals surface area contributed by atoms with Gasteiger partial charge in [0.05, 0.1) is 24.8 Å². The summed E-state index contributed by atoms with van der Waals surface area (Å²) >= 11 is 0. The Morgan fingerprint density at radius 2 is 1.83 bits per heavy atom. The van der Waals surface area contributed by atoms with Gasteiger partial charge in [0, 0.05) is 17.4 Å². The van der Waals surface area contributed by atoms with E-state index in [9.17, 15) is 18.4 Å². The Bertz CT molecular complexity index is 860. The molecule has 2 amide bonds. The van der Waals surface area contributed by atoms with Gasteiger partial charge < -0.3 is 15.5 Å². The smallest absolute Gasteiger partial charge is 0.237 e. The molecule has 2 N–H and O–H groups in total. The van der Waals surface area contributed by atoms with Crippen LogP contribution in [0.15, 0.2) is 24.3 Å². The molecule has 5 rings (SSSR count). The quantitative estimate of drug-likeness (QED) is 0.773. The number of nitrogens with zero attached hydrogens (tertiary/aromatic N) is 2. The molecule has 3 aliphatic carbocycles. The minimum atomic E-state index is -1.14. The topological polar surface area (TPSA) is 85.2 Å². The van der Waals surface area contributed by atoms with Crippen molar-refractivity contribution in [3.63, 3.8) is 0 Å².